The van der Waals surface area contributed by atoms with E-state index < -0.39 is 0 Å². The minimum absolute atomic E-state index is 0.113. The van der Waals surface area contributed by atoms with Crippen molar-refractivity contribution in [2.75, 3.05) is 35.2 Å². The summed E-state index contributed by atoms with van der Waals surface area (Å²) < 4.78 is 0. The molecule has 1 saturated heterocycles. The number of rotatable bonds is 1. The second kappa shape index (κ2) is 3.34. The van der Waals surface area contributed by atoms with Crippen molar-refractivity contribution in [1.29, 1.82) is 0 Å². The van der Waals surface area contributed by atoms with E-state index >= 15 is 0 Å². The molecule has 0 bridgehead atoms. The second-order valence-electron chi connectivity index (χ2n) is 3.60. The Morgan fingerprint density at radius 2 is 1.73 bits per heavy atom. The lowest BCUT2D eigenvalue weighted by Gasteiger charge is -2.19. The fraction of sp³-hybridized carbons (Fsp3) is 0.500. The molecule has 1 aromatic rings. The summed E-state index contributed by atoms with van der Waals surface area (Å²) in [4.78, 5) is 2.26. The molecule has 0 spiro atoms. The molecule has 7 heteroatoms. The van der Waals surface area contributed by atoms with E-state index in [-0.39, 0.29) is 11.5 Å². The van der Waals surface area contributed by atoms with Crippen LogP contribution in [0, 0.1) is 5.21 Å². The average molecular weight is 210 g/mol. The van der Waals surface area contributed by atoms with Crippen molar-refractivity contribution >= 4 is 23.0 Å². The van der Waals surface area contributed by atoms with Gasteiger partial charge in [-0.2, -0.15) is 0 Å². The smallest absolute Gasteiger partial charge is 0.322 e. The number of aromatic nitrogens is 2. The van der Waals surface area contributed by atoms with Gasteiger partial charge in [0, 0.05) is 13.1 Å². The third kappa shape index (κ3) is 1.45. The highest BCUT2D eigenvalue weighted by Gasteiger charge is 2.22. The molecule has 0 aliphatic carbocycles. The number of nitrogens with zero attached hydrogens (tertiary/aromatic N) is 3. The highest BCUT2D eigenvalue weighted by Crippen LogP contribution is 2.29. The lowest BCUT2D eigenvalue weighted by molar-refractivity contribution is -0.652. The van der Waals surface area contributed by atoms with Crippen molar-refractivity contribution in [1.82, 2.24) is 5.10 Å². The molecule has 0 atom stereocenters. The topological polar surface area (TPSA) is 121 Å². The first-order valence-electron chi connectivity index (χ1n) is 4.80. The van der Waals surface area contributed by atoms with Crippen molar-refractivity contribution in [2.45, 2.75) is 12.8 Å². The summed E-state index contributed by atoms with van der Waals surface area (Å²) in [7, 11) is 0. The van der Waals surface area contributed by atoms with Crippen molar-refractivity contribution in [3.8, 4) is 0 Å². The summed E-state index contributed by atoms with van der Waals surface area (Å²) in [6.07, 6.45) is 2.15. The number of hydrogen-bond donors (Lipinski definition) is 3. The summed E-state index contributed by atoms with van der Waals surface area (Å²) in [5.74, 6) is 0.296. The van der Waals surface area contributed by atoms with E-state index in [1.54, 1.807) is 0 Å². The summed E-state index contributed by atoms with van der Waals surface area (Å²) >= 11 is 0. The number of anilines is 4. The molecule has 0 unspecified atom stereocenters. The van der Waals surface area contributed by atoms with Crippen LogP contribution in [0.3, 0.4) is 0 Å². The lowest BCUT2D eigenvalue weighted by atomic mass is 10.3. The van der Waals surface area contributed by atoms with E-state index in [2.05, 4.69) is 5.10 Å². The molecular weight excluding hydrogens is 196 g/mol. The Labute approximate surface area is 87.0 Å². The molecule has 7 nitrogen and oxygen atoms in total. The van der Waals surface area contributed by atoms with Crippen LogP contribution in [0.25, 0.3) is 0 Å². The second-order valence-corrected chi connectivity index (χ2v) is 3.60. The van der Waals surface area contributed by atoms with Gasteiger partial charge in [0.15, 0.2) is 11.5 Å². The van der Waals surface area contributed by atoms with Gasteiger partial charge in [0.25, 0.3) is 0 Å². The van der Waals surface area contributed by atoms with Gasteiger partial charge in [0.2, 0.25) is 0 Å². The fourth-order valence-corrected chi connectivity index (χ4v) is 1.72. The van der Waals surface area contributed by atoms with E-state index in [0.29, 0.717) is 16.4 Å². The first-order valence-corrected chi connectivity index (χ1v) is 4.80. The number of nitrogen functional groups attached to an aromatic ring is 3. The summed E-state index contributed by atoms with van der Waals surface area (Å²) in [6.45, 7) is 1.70. The van der Waals surface area contributed by atoms with E-state index in [4.69, 9.17) is 17.2 Å². The predicted octanol–water partition coefficient (Wildman–Crippen LogP) is -0.938. The van der Waals surface area contributed by atoms with Crippen molar-refractivity contribution < 1.29 is 4.85 Å². The molecule has 0 aromatic carbocycles. The van der Waals surface area contributed by atoms with Crippen LogP contribution in [0.5, 0.6) is 0 Å². The fourth-order valence-electron chi connectivity index (χ4n) is 1.72. The van der Waals surface area contributed by atoms with Crippen molar-refractivity contribution in [2.24, 2.45) is 0 Å². The third-order valence-electron chi connectivity index (χ3n) is 2.60. The largest absolute Gasteiger partial charge is 0.691 e. The Balaban J connectivity index is 2.47. The van der Waals surface area contributed by atoms with Crippen LogP contribution in [-0.4, -0.2) is 18.2 Å². The SMILES string of the molecule is Nc1c(N2CCCC2)n[n+]([O-])c(N)c1N. The Morgan fingerprint density at radius 1 is 1.13 bits per heavy atom. The number of hydrogen-bond acceptors (Lipinski definition) is 6. The van der Waals surface area contributed by atoms with Gasteiger partial charge < -0.3 is 21.6 Å². The van der Waals surface area contributed by atoms with Gasteiger partial charge in [-0.25, -0.2) is 0 Å². The third-order valence-corrected chi connectivity index (χ3v) is 2.60. The molecular formula is C8H14N6O. The first kappa shape index (κ1) is 9.63. The Kier molecular flexibility index (Phi) is 2.14. The van der Waals surface area contributed by atoms with Gasteiger partial charge in [0.05, 0.1) is 0 Å². The molecule has 0 saturated carbocycles. The van der Waals surface area contributed by atoms with Gasteiger partial charge in [0.1, 0.15) is 5.69 Å². The maximum absolute atomic E-state index is 11.3. The molecule has 1 aliphatic rings. The van der Waals surface area contributed by atoms with Gasteiger partial charge in [-0.1, -0.05) is 5.10 Å². The van der Waals surface area contributed by atoms with Crippen molar-refractivity contribution in [3.05, 3.63) is 5.21 Å². The van der Waals surface area contributed by atoms with Crippen LogP contribution in [0.1, 0.15) is 12.8 Å². The molecule has 1 aromatic heterocycles. The Hall–Kier alpha value is -1.92. The monoisotopic (exact) mass is 210 g/mol. The first-order chi connectivity index (χ1) is 7.11. The normalized spacial score (nSPS) is 15.9. The van der Waals surface area contributed by atoms with E-state index in [9.17, 15) is 5.21 Å². The molecule has 2 heterocycles. The van der Waals surface area contributed by atoms with Crippen LogP contribution in [0.4, 0.5) is 23.0 Å². The van der Waals surface area contributed by atoms with Crippen LogP contribution in [0.15, 0.2) is 0 Å². The van der Waals surface area contributed by atoms with Crippen LogP contribution in [0.2, 0.25) is 0 Å². The van der Waals surface area contributed by atoms with Gasteiger partial charge in [-0.15, -0.1) is 4.85 Å². The number of nitrogens with two attached hydrogens (primary N) is 3. The molecule has 2 rings (SSSR count). The zero-order chi connectivity index (χ0) is 11.0. The quantitative estimate of drug-likeness (QED) is 0.406. The molecule has 0 amide bonds. The van der Waals surface area contributed by atoms with Crippen LogP contribution < -0.4 is 26.9 Å². The summed E-state index contributed by atoms with van der Waals surface area (Å²) in [5, 5.41) is 15.1. The van der Waals surface area contributed by atoms with Crippen LogP contribution >= 0.6 is 0 Å². The summed E-state index contributed by atoms with van der Waals surface area (Å²) in [5.41, 5.74) is 17.2. The van der Waals surface area contributed by atoms with E-state index in [0.717, 1.165) is 25.9 Å². The van der Waals surface area contributed by atoms with Gasteiger partial charge in [-0.3, -0.25) is 5.73 Å². The molecule has 15 heavy (non-hydrogen) atoms. The zero-order valence-corrected chi connectivity index (χ0v) is 8.31. The van der Waals surface area contributed by atoms with Gasteiger partial charge >= 0.3 is 5.82 Å². The zero-order valence-electron chi connectivity index (χ0n) is 8.31. The average Bonchev–Trinajstić information content (AvgIpc) is 2.73. The Morgan fingerprint density at radius 3 is 2.33 bits per heavy atom. The molecule has 0 radical (unpaired) electrons. The van der Waals surface area contributed by atoms with E-state index in [1.807, 2.05) is 4.90 Å². The molecule has 1 fully saturated rings. The Bertz CT molecular complexity index is 387. The maximum atomic E-state index is 11.3. The lowest BCUT2D eigenvalue weighted by Crippen LogP contribution is -2.39. The molecule has 1 aliphatic heterocycles. The molecule has 82 valence electrons. The minimum atomic E-state index is -0.143. The van der Waals surface area contributed by atoms with E-state index in [1.165, 1.54) is 0 Å². The van der Waals surface area contributed by atoms with Gasteiger partial charge in [-0.05, 0) is 12.8 Å². The standard InChI is InChI=1S/C8H14N6O/c9-5-6(10)8(12-14(15)7(5)11)13-3-1-2-4-13/h1-4,9-11H2. The highest BCUT2D eigenvalue weighted by molar-refractivity contribution is 5.81. The summed E-state index contributed by atoms with van der Waals surface area (Å²) in [6, 6.07) is 0. The van der Waals surface area contributed by atoms with Crippen molar-refractivity contribution in [3.63, 3.8) is 0 Å². The highest BCUT2D eigenvalue weighted by atomic mass is 16.5. The maximum Gasteiger partial charge on any atom is 0.322 e. The minimum Gasteiger partial charge on any atom is -0.691 e. The van der Waals surface area contributed by atoms with Crippen LogP contribution in [-0.2, 0) is 0 Å². The molecule has 6 N–H and O–H groups in total. The predicted molar refractivity (Wildman–Crippen MR) is 57.9 cm³/mol.